The molecule has 3 aromatic rings. The number of hydrogen-bond donors (Lipinski definition) is 0. The van der Waals surface area contributed by atoms with Crippen molar-refractivity contribution < 1.29 is 14.5 Å². The Bertz CT molecular complexity index is 1290. The maximum atomic E-state index is 12.2. The fourth-order valence-corrected chi connectivity index (χ4v) is 4.00. The van der Waals surface area contributed by atoms with Gasteiger partial charge in [-0.25, -0.2) is 9.79 Å². The molecular formula is C19H11Cl2N5O4S. The third kappa shape index (κ3) is 4.46. The number of benzene rings is 2. The predicted octanol–water partition coefficient (Wildman–Crippen LogP) is 4.53. The number of esters is 1. The molecule has 156 valence electrons. The van der Waals surface area contributed by atoms with Gasteiger partial charge in [-0.1, -0.05) is 29.3 Å². The average Bonchev–Trinajstić information content (AvgIpc) is 3.28. The van der Waals surface area contributed by atoms with Crippen molar-refractivity contribution in [1.29, 1.82) is 0 Å². The molecule has 0 radical (unpaired) electrons. The Hall–Kier alpha value is -3.21. The van der Waals surface area contributed by atoms with Gasteiger partial charge in [0.2, 0.25) is 5.90 Å². The largest absolute Gasteiger partial charge is 0.402 e. The molecule has 31 heavy (non-hydrogen) atoms. The van der Waals surface area contributed by atoms with E-state index in [0.717, 1.165) is 11.8 Å². The lowest BCUT2D eigenvalue weighted by molar-refractivity contribution is -0.387. The molecule has 0 aliphatic carbocycles. The van der Waals surface area contributed by atoms with Crippen LogP contribution in [0, 0.1) is 10.1 Å². The van der Waals surface area contributed by atoms with Crippen LogP contribution in [0.3, 0.4) is 0 Å². The van der Waals surface area contributed by atoms with Crippen molar-refractivity contribution in [3.63, 3.8) is 0 Å². The van der Waals surface area contributed by atoms with Crippen molar-refractivity contribution in [2.24, 2.45) is 12.0 Å². The molecule has 2 heterocycles. The highest BCUT2D eigenvalue weighted by Gasteiger charge is 2.26. The first kappa shape index (κ1) is 21.0. The molecule has 0 saturated heterocycles. The first-order chi connectivity index (χ1) is 14.8. The zero-order valence-corrected chi connectivity index (χ0v) is 18.0. The van der Waals surface area contributed by atoms with Crippen molar-refractivity contribution in [2.45, 2.75) is 10.1 Å². The molecule has 0 atom stereocenters. The fourth-order valence-electron chi connectivity index (χ4n) is 2.66. The SMILES string of the molecule is Cn1cnnc1Sc1ccc(/C=C2\N=C(c3ccc(Cl)cc3Cl)OC2=O)cc1[N+](=O)[O-]. The minimum Gasteiger partial charge on any atom is -0.402 e. The summed E-state index contributed by atoms with van der Waals surface area (Å²) in [5, 5.41) is 20.5. The molecule has 0 amide bonds. The van der Waals surface area contributed by atoms with Gasteiger partial charge in [-0.3, -0.25) is 10.1 Å². The number of halogens is 2. The number of rotatable bonds is 5. The summed E-state index contributed by atoms with van der Waals surface area (Å²) >= 11 is 13.1. The molecule has 0 unspecified atom stereocenters. The first-order valence-corrected chi connectivity index (χ1v) is 10.2. The molecule has 12 heteroatoms. The quantitative estimate of drug-likeness (QED) is 0.230. The number of ether oxygens (including phenoxy) is 1. The van der Waals surface area contributed by atoms with Crippen LogP contribution in [-0.4, -0.2) is 31.6 Å². The summed E-state index contributed by atoms with van der Waals surface area (Å²) in [6, 6.07) is 9.25. The number of nitro groups is 1. The Morgan fingerprint density at radius 2 is 2.03 bits per heavy atom. The van der Waals surface area contributed by atoms with Crippen molar-refractivity contribution >= 4 is 58.6 Å². The Kier molecular flexibility index (Phi) is 5.77. The number of aryl methyl sites for hydroxylation is 1. The highest BCUT2D eigenvalue weighted by molar-refractivity contribution is 7.99. The fraction of sp³-hybridized carbons (Fsp3) is 0.0526. The molecule has 0 saturated carbocycles. The number of aromatic nitrogens is 3. The molecule has 9 nitrogen and oxygen atoms in total. The lowest BCUT2D eigenvalue weighted by Gasteiger charge is -2.03. The number of cyclic esters (lactones) is 1. The lowest BCUT2D eigenvalue weighted by atomic mass is 10.1. The van der Waals surface area contributed by atoms with E-state index >= 15 is 0 Å². The van der Waals surface area contributed by atoms with Gasteiger partial charge in [-0.05, 0) is 47.7 Å². The van der Waals surface area contributed by atoms with Crippen LogP contribution in [0.4, 0.5) is 5.69 Å². The standard InChI is InChI=1S/C19H11Cl2N5O4S/c1-25-9-22-24-19(25)31-16-5-2-10(7-15(16)26(28)29)6-14-18(27)30-17(23-14)12-4-3-11(20)8-13(12)21/h2-9H,1H3/b14-6-. The second-order valence-electron chi connectivity index (χ2n) is 6.27. The van der Waals surface area contributed by atoms with Crippen LogP contribution >= 0.6 is 35.0 Å². The van der Waals surface area contributed by atoms with Gasteiger partial charge >= 0.3 is 5.97 Å². The summed E-state index contributed by atoms with van der Waals surface area (Å²) in [6.07, 6.45) is 2.91. The van der Waals surface area contributed by atoms with Gasteiger partial charge in [-0.2, -0.15) is 0 Å². The Labute approximate surface area is 189 Å². The Balaban J connectivity index is 1.67. The number of hydrogen-bond acceptors (Lipinski definition) is 8. The topological polar surface area (TPSA) is 113 Å². The van der Waals surface area contributed by atoms with Crippen molar-refractivity contribution in [3.8, 4) is 0 Å². The van der Waals surface area contributed by atoms with E-state index in [1.165, 1.54) is 24.5 Å². The Morgan fingerprint density at radius 1 is 1.23 bits per heavy atom. The third-order valence-corrected chi connectivity index (χ3v) is 5.80. The van der Waals surface area contributed by atoms with Crippen LogP contribution < -0.4 is 0 Å². The summed E-state index contributed by atoms with van der Waals surface area (Å²) in [6.45, 7) is 0. The van der Waals surface area contributed by atoms with E-state index in [2.05, 4.69) is 15.2 Å². The van der Waals surface area contributed by atoms with Gasteiger partial charge in [0.15, 0.2) is 10.9 Å². The molecule has 2 aromatic carbocycles. The van der Waals surface area contributed by atoms with Gasteiger partial charge < -0.3 is 9.30 Å². The molecule has 1 aromatic heterocycles. The third-order valence-electron chi connectivity index (χ3n) is 4.14. The smallest absolute Gasteiger partial charge is 0.363 e. The molecule has 0 N–H and O–H groups in total. The van der Waals surface area contributed by atoms with E-state index in [4.69, 9.17) is 27.9 Å². The van der Waals surface area contributed by atoms with Crippen LogP contribution in [0.2, 0.25) is 10.0 Å². The minimum absolute atomic E-state index is 0.0102. The monoisotopic (exact) mass is 475 g/mol. The van der Waals surface area contributed by atoms with Crippen LogP contribution in [0.25, 0.3) is 6.08 Å². The first-order valence-electron chi connectivity index (χ1n) is 8.60. The zero-order chi connectivity index (χ0) is 22.1. The zero-order valence-electron chi connectivity index (χ0n) is 15.7. The molecule has 0 bridgehead atoms. The molecule has 1 aliphatic rings. The van der Waals surface area contributed by atoms with Crippen molar-refractivity contribution in [3.05, 3.63) is 79.7 Å². The summed E-state index contributed by atoms with van der Waals surface area (Å²) < 4.78 is 6.85. The van der Waals surface area contributed by atoms with E-state index in [9.17, 15) is 14.9 Å². The van der Waals surface area contributed by atoms with Crippen LogP contribution in [-0.2, 0) is 16.6 Å². The van der Waals surface area contributed by atoms with Gasteiger partial charge in [0, 0.05) is 18.1 Å². The number of carbonyl (C=O) groups excluding carboxylic acids is 1. The molecule has 4 rings (SSSR count). The maximum Gasteiger partial charge on any atom is 0.363 e. The minimum atomic E-state index is -0.693. The van der Waals surface area contributed by atoms with Crippen LogP contribution in [0.15, 0.2) is 63.5 Å². The summed E-state index contributed by atoms with van der Waals surface area (Å²) in [4.78, 5) is 27.9. The predicted molar refractivity (Wildman–Crippen MR) is 115 cm³/mol. The second kappa shape index (κ2) is 8.50. The van der Waals surface area contributed by atoms with Crippen molar-refractivity contribution in [2.75, 3.05) is 0 Å². The van der Waals surface area contributed by atoms with E-state index in [1.807, 2.05) is 0 Å². The van der Waals surface area contributed by atoms with E-state index < -0.39 is 10.9 Å². The van der Waals surface area contributed by atoms with E-state index in [-0.39, 0.29) is 22.3 Å². The molecule has 0 fully saturated rings. The molecular weight excluding hydrogens is 465 g/mol. The number of carbonyl (C=O) groups is 1. The summed E-state index contributed by atoms with van der Waals surface area (Å²) in [5.74, 6) is -0.664. The van der Waals surface area contributed by atoms with Gasteiger partial charge in [0.1, 0.15) is 6.33 Å². The summed E-state index contributed by atoms with van der Waals surface area (Å²) in [7, 11) is 1.74. The molecule has 1 aliphatic heterocycles. The normalized spacial score (nSPS) is 14.6. The average molecular weight is 476 g/mol. The Morgan fingerprint density at radius 3 is 2.71 bits per heavy atom. The second-order valence-corrected chi connectivity index (χ2v) is 8.12. The van der Waals surface area contributed by atoms with Crippen molar-refractivity contribution in [1.82, 2.24) is 14.8 Å². The van der Waals surface area contributed by atoms with Gasteiger partial charge in [0.25, 0.3) is 5.69 Å². The van der Waals surface area contributed by atoms with E-state index in [0.29, 0.717) is 26.2 Å². The lowest BCUT2D eigenvalue weighted by Crippen LogP contribution is -2.05. The highest BCUT2D eigenvalue weighted by Crippen LogP contribution is 2.35. The summed E-state index contributed by atoms with van der Waals surface area (Å²) in [5.41, 5.74) is 0.667. The van der Waals surface area contributed by atoms with E-state index in [1.54, 1.807) is 35.9 Å². The highest BCUT2D eigenvalue weighted by atomic mass is 35.5. The van der Waals surface area contributed by atoms with Crippen LogP contribution in [0.1, 0.15) is 11.1 Å². The number of aliphatic imine (C=N–C) groups is 1. The number of nitro benzene ring substituents is 1. The van der Waals surface area contributed by atoms with Gasteiger partial charge in [-0.15, -0.1) is 10.2 Å². The van der Waals surface area contributed by atoms with Crippen LogP contribution in [0.5, 0.6) is 0 Å². The van der Waals surface area contributed by atoms with Gasteiger partial charge in [0.05, 0.1) is 20.4 Å². The maximum absolute atomic E-state index is 12.2. The molecule has 0 spiro atoms. The number of nitrogens with zero attached hydrogens (tertiary/aromatic N) is 5.